The summed E-state index contributed by atoms with van der Waals surface area (Å²) in [5, 5.41) is 3.02. The maximum atomic E-state index is 12.6. The van der Waals surface area contributed by atoms with Gasteiger partial charge in [0.25, 0.3) is 0 Å². The second-order valence-electron chi connectivity index (χ2n) is 7.68. The van der Waals surface area contributed by atoms with Gasteiger partial charge in [-0.25, -0.2) is 0 Å². The van der Waals surface area contributed by atoms with Crippen LogP contribution in [0.1, 0.15) is 17.5 Å². The first-order valence-corrected chi connectivity index (χ1v) is 11.1. The number of carbonyl (C=O) groups is 1. The van der Waals surface area contributed by atoms with Crippen LogP contribution in [0.3, 0.4) is 0 Å². The molecule has 6 nitrogen and oxygen atoms in total. The Kier molecular flexibility index (Phi) is 9.61. The van der Waals surface area contributed by atoms with Crippen LogP contribution >= 0.6 is 0 Å². The summed E-state index contributed by atoms with van der Waals surface area (Å²) in [6.07, 6.45) is 0.785. The fourth-order valence-electron chi connectivity index (χ4n) is 3.50. The van der Waals surface area contributed by atoms with Gasteiger partial charge in [0, 0.05) is 25.7 Å². The van der Waals surface area contributed by atoms with Crippen LogP contribution in [0.15, 0.2) is 78.9 Å². The molecule has 0 aliphatic carbocycles. The predicted octanol–water partition coefficient (Wildman–Crippen LogP) is 4.29. The van der Waals surface area contributed by atoms with E-state index in [0.717, 1.165) is 24.3 Å². The number of carbonyl (C=O) groups excluding carboxylic acids is 1. The molecule has 0 aliphatic rings. The minimum absolute atomic E-state index is 0.00981. The van der Waals surface area contributed by atoms with E-state index in [2.05, 4.69) is 22.3 Å². The van der Waals surface area contributed by atoms with Gasteiger partial charge in [-0.2, -0.15) is 0 Å². The number of nitrogens with zero attached hydrogens (tertiary/aromatic N) is 1. The smallest absolute Gasteiger partial charge is 0.234 e. The molecular formula is C27H32N2O4. The lowest BCUT2D eigenvalue weighted by Crippen LogP contribution is -2.37. The summed E-state index contributed by atoms with van der Waals surface area (Å²) in [6.45, 7) is 2.84. The van der Waals surface area contributed by atoms with Crippen molar-refractivity contribution in [3.8, 4) is 17.2 Å². The summed E-state index contributed by atoms with van der Waals surface area (Å²) >= 11 is 0. The molecule has 3 aromatic rings. The van der Waals surface area contributed by atoms with E-state index in [4.69, 9.17) is 14.2 Å². The van der Waals surface area contributed by atoms with Gasteiger partial charge in [0.1, 0.15) is 5.75 Å². The highest BCUT2D eigenvalue weighted by atomic mass is 16.5. The molecule has 0 aliphatic heterocycles. The molecule has 33 heavy (non-hydrogen) atoms. The number of amides is 1. The Bertz CT molecular complexity index is 980. The van der Waals surface area contributed by atoms with Crippen molar-refractivity contribution in [2.75, 3.05) is 33.9 Å². The molecular weight excluding hydrogens is 416 g/mol. The van der Waals surface area contributed by atoms with Crippen molar-refractivity contribution in [3.05, 3.63) is 90.0 Å². The molecule has 0 unspecified atom stereocenters. The van der Waals surface area contributed by atoms with Gasteiger partial charge in [0.05, 0.1) is 27.4 Å². The molecule has 0 saturated carbocycles. The standard InChI is InChI=1S/C27H32N2O4/c1-31-25-15-14-24(18-26(25)32-2)33-17-9-16-29(20-23-12-7-4-8-13-23)21-27(30)28-19-22-10-5-3-6-11-22/h3-8,10-15,18H,9,16-17,19-21H2,1-2H3,(H,28,30). The fourth-order valence-corrected chi connectivity index (χ4v) is 3.50. The Hall–Kier alpha value is -3.51. The maximum absolute atomic E-state index is 12.6. The molecule has 6 heteroatoms. The number of rotatable bonds is 13. The maximum Gasteiger partial charge on any atom is 0.234 e. The zero-order chi connectivity index (χ0) is 23.3. The molecule has 0 fully saturated rings. The second-order valence-corrected chi connectivity index (χ2v) is 7.68. The first kappa shape index (κ1) is 24.1. The zero-order valence-electron chi connectivity index (χ0n) is 19.3. The van der Waals surface area contributed by atoms with Gasteiger partial charge in [0.15, 0.2) is 11.5 Å². The van der Waals surface area contributed by atoms with Gasteiger partial charge in [-0.15, -0.1) is 0 Å². The highest BCUT2D eigenvalue weighted by Crippen LogP contribution is 2.30. The van der Waals surface area contributed by atoms with Crippen LogP contribution in [-0.2, 0) is 17.9 Å². The average molecular weight is 449 g/mol. The number of ether oxygens (including phenoxy) is 3. The third kappa shape index (κ3) is 8.16. The molecule has 0 atom stereocenters. The molecule has 0 heterocycles. The fraction of sp³-hybridized carbons (Fsp3) is 0.296. The summed E-state index contributed by atoms with van der Waals surface area (Å²) in [5.74, 6) is 2.04. The summed E-state index contributed by atoms with van der Waals surface area (Å²) in [5.41, 5.74) is 2.26. The second kappa shape index (κ2) is 13.1. The minimum atomic E-state index is 0.00981. The summed E-state index contributed by atoms with van der Waals surface area (Å²) in [6, 6.07) is 25.6. The first-order chi connectivity index (χ1) is 16.2. The minimum Gasteiger partial charge on any atom is -0.493 e. The Morgan fingerprint density at radius 1 is 0.848 bits per heavy atom. The van der Waals surface area contributed by atoms with Gasteiger partial charge in [-0.3, -0.25) is 9.69 Å². The number of benzene rings is 3. The van der Waals surface area contributed by atoms with Crippen LogP contribution in [0.4, 0.5) is 0 Å². The van der Waals surface area contributed by atoms with Gasteiger partial charge in [-0.1, -0.05) is 60.7 Å². The summed E-state index contributed by atoms with van der Waals surface area (Å²) in [4.78, 5) is 14.7. The topological polar surface area (TPSA) is 60.0 Å². The number of nitrogens with one attached hydrogen (secondary N) is 1. The van der Waals surface area contributed by atoms with Crippen molar-refractivity contribution in [2.45, 2.75) is 19.5 Å². The van der Waals surface area contributed by atoms with Crippen LogP contribution < -0.4 is 19.5 Å². The normalized spacial score (nSPS) is 10.6. The number of hydrogen-bond donors (Lipinski definition) is 1. The van der Waals surface area contributed by atoms with Crippen LogP contribution in [0, 0.1) is 0 Å². The largest absolute Gasteiger partial charge is 0.493 e. The van der Waals surface area contributed by atoms with Crippen molar-refractivity contribution < 1.29 is 19.0 Å². The third-order valence-electron chi connectivity index (χ3n) is 5.19. The van der Waals surface area contributed by atoms with Crippen LogP contribution in [-0.4, -0.2) is 44.7 Å². The average Bonchev–Trinajstić information content (AvgIpc) is 2.86. The molecule has 0 saturated heterocycles. The van der Waals surface area contributed by atoms with Gasteiger partial charge in [-0.05, 0) is 29.7 Å². The molecule has 3 aromatic carbocycles. The van der Waals surface area contributed by atoms with Gasteiger partial charge in [0.2, 0.25) is 5.91 Å². The highest BCUT2D eigenvalue weighted by Gasteiger charge is 2.12. The first-order valence-electron chi connectivity index (χ1n) is 11.1. The molecule has 0 aromatic heterocycles. The quantitative estimate of drug-likeness (QED) is 0.395. The number of methoxy groups -OCH3 is 2. The van der Waals surface area contributed by atoms with Crippen molar-refractivity contribution in [1.82, 2.24) is 10.2 Å². The van der Waals surface area contributed by atoms with Crippen LogP contribution in [0.2, 0.25) is 0 Å². The highest BCUT2D eigenvalue weighted by molar-refractivity contribution is 5.78. The van der Waals surface area contributed by atoms with E-state index in [1.807, 2.05) is 66.7 Å². The van der Waals surface area contributed by atoms with E-state index in [9.17, 15) is 4.79 Å². The lowest BCUT2D eigenvalue weighted by Gasteiger charge is -2.22. The monoisotopic (exact) mass is 448 g/mol. The van der Waals surface area contributed by atoms with Crippen molar-refractivity contribution in [3.63, 3.8) is 0 Å². The molecule has 0 spiro atoms. The van der Waals surface area contributed by atoms with Crippen molar-refractivity contribution in [1.29, 1.82) is 0 Å². The van der Waals surface area contributed by atoms with E-state index >= 15 is 0 Å². The Labute approximate surface area is 196 Å². The van der Waals surface area contributed by atoms with Crippen LogP contribution in [0.5, 0.6) is 17.2 Å². The third-order valence-corrected chi connectivity index (χ3v) is 5.19. The van der Waals surface area contributed by atoms with E-state index < -0.39 is 0 Å². The summed E-state index contributed by atoms with van der Waals surface area (Å²) < 4.78 is 16.5. The van der Waals surface area contributed by atoms with Crippen LogP contribution in [0.25, 0.3) is 0 Å². The Morgan fingerprint density at radius 2 is 1.52 bits per heavy atom. The van der Waals surface area contributed by atoms with E-state index in [-0.39, 0.29) is 5.91 Å². The van der Waals surface area contributed by atoms with E-state index in [0.29, 0.717) is 37.7 Å². The number of hydrogen-bond acceptors (Lipinski definition) is 5. The van der Waals surface area contributed by atoms with Crippen molar-refractivity contribution >= 4 is 5.91 Å². The lowest BCUT2D eigenvalue weighted by molar-refractivity contribution is -0.122. The molecule has 3 rings (SSSR count). The van der Waals surface area contributed by atoms with Gasteiger partial charge < -0.3 is 19.5 Å². The van der Waals surface area contributed by atoms with E-state index in [1.54, 1.807) is 14.2 Å². The van der Waals surface area contributed by atoms with E-state index in [1.165, 1.54) is 5.56 Å². The lowest BCUT2D eigenvalue weighted by atomic mass is 10.2. The Balaban J connectivity index is 1.51. The molecule has 0 radical (unpaired) electrons. The summed E-state index contributed by atoms with van der Waals surface area (Å²) in [7, 11) is 3.21. The van der Waals surface area contributed by atoms with Crippen molar-refractivity contribution in [2.24, 2.45) is 0 Å². The Morgan fingerprint density at radius 3 is 2.18 bits per heavy atom. The van der Waals surface area contributed by atoms with Gasteiger partial charge >= 0.3 is 0 Å². The zero-order valence-corrected chi connectivity index (χ0v) is 19.3. The predicted molar refractivity (Wildman–Crippen MR) is 130 cm³/mol. The SMILES string of the molecule is COc1ccc(OCCCN(CC(=O)NCc2ccccc2)Cc2ccccc2)cc1OC. The molecule has 174 valence electrons. The molecule has 1 N–H and O–H groups in total. The molecule has 0 bridgehead atoms. The molecule has 1 amide bonds.